The predicted molar refractivity (Wildman–Crippen MR) is 77.9 cm³/mol. The van der Waals surface area contributed by atoms with Crippen LogP contribution in [0.3, 0.4) is 0 Å². The third-order valence-corrected chi connectivity index (χ3v) is 4.13. The lowest BCUT2D eigenvalue weighted by Crippen LogP contribution is -2.17. The number of rotatable bonds is 4. The maximum absolute atomic E-state index is 12.3. The average molecular weight is 328 g/mol. The predicted octanol–water partition coefficient (Wildman–Crippen LogP) is 1.82. The molecule has 0 unspecified atom stereocenters. The van der Waals surface area contributed by atoms with Gasteiger partial charge in [0.05, 0.1) is 5.56 Å². The number of anilines is 2. The first-order valence-electron chi connectivity index (χ1n) is 5.57. The van der Waals surface area contributed by atoms with Gasteiger partial charge in [-0.3, -0.25) is 4.72 Å². The second-order valence-corrected chi connectivity index (χ2v) is 6.11. The minimum absolute atomic E-state index is 0.0179. The van der Waals surface area contributed by atoms with Crippen LogP contribution in [0.5, 0.6) is 0 Å². The fourth-order valence-corrected chi connectivity index (χ4v) is 2.94. The molecule has 1 aromatic carbocycles. The number of halogens is 1. The van der Waals surface area contributed by atoms with E-state index in [1.165, 1.54) is 24.4 Å². The molecule has 1 aromatic heterocycles. The Morgan fingerprint density at radius 1 is 1.29 bits per heavy atom. The molecule has 1 heterocycles. The van der Waals surface area contributed by atoms with Crippen LogP contribution in [0.2, 0.25) is 5.02 Å². The average Bonchev–Trinajstić information content (AvgIpc) is 2.37. The molecule has 0 bridgehead atoms. The van der Waals surface area contributed by atoms with Crippen molar-refractivity contribution in [2.24, 2.45) is 0 Å². The summed E-state index contributed by atoms with van der Waals surface area (Å²) in [6.07, 6.45) is 1.32. The first-order chi connectivity index (χ1) is 9.79. The molecule has 0 aliphatic rings. The van der Waals surface area contributed by atoms with Crippen molar-refractivity contribution in [1.82, 2.24) is 4.98 Å². The maximum atomic E-state index is 12.3. The minimum atomic E-state index is -4.13. The number of carboxylic acid groups (broad SMARTS) is 1. The van der Waals surface area contributed by atoms with Crippen LogP contribution in [0, 0.1) is 0 Å². The highest BCUT2D eigenvalue weighted by Gasteiger charge is 2.23. The molecule has 21 heavy (non-hydrogen) atoms. The summed E-state index contributed by atoms with van der Waals surface area (Å²) in [6, 6.07) is 6.27. The Morgan fingerprint density at radius 3 is 2.62 bits per heavy atom. The molecule has 0 spiro atoms. The number of nitrogens with one attached hydrogen (secondary N) is 1. The molecule has 0 aliphatic carbocycles. The SMILES string of the molecule is Nc1ccc(S(=O)(=O)Nc2cc(Cl)ccn2)c(C(=O)O)c1. The van der Waals surface area contributed by atoms with E-state index in [2.05, 4.69) is 9.71 Å². The van der Waals surface area contributed by atoms with Crippen LogP contribution in [-0.4, -0.2) is 24.5 Å². The van der Waals surface area contributed by atoms with Crippen molar-refractivity contribution < 1.29 is 18.3 Å². The lowest BCUT2D eigenvalue weighted by atomic mass is 10.2. The first-order valence-corrected chi connectivity index (χ1v) is 7.43. The van der Waals surface area contributed by atoms with Gasteiger partial charge in [-0.15, -0.1) is 0 Å². The van der Waals surface area contributed by atoms with Crippen molar-refractivity contribution in [3.05, 3.63) is 47.1 Å². The van der Waals surface area contributed by atoms with Gasteiger partial charge < -0.3 is 10.8 Å². The normalized spacial score (nSPS) is 11.1. The van der Waals surface area contributed by atoms with Crippen molar-refractivity contribution in [2.75, 3.05) is 10.5 Å². The van der Waals surface area contributed by atoms with Crippen LogP contribution in [-0.2, 0) is 10.0 Å². The molecular formula is C12H10ClN3O4S. The Balaban J connectivity index is 2.47. The number of aromatic carboxylic acids is 1. The maximum Gasteiger partial charge on any atom is 0.337 e. The number of nitrogens with two attached hydrogens (primary N) is 1. The van der Waals surface area contributed by atoms with E-state index in [1.807, 2.05) is 0 Å². The van der Waals surface area contributed by atoms with Crippen LogP contribution in [0.25, 0.3) is 0 Å². The fraction of sp³-hybridized carbons (Fsp3) is 0. The number of carboxylic acids is 1. The third kappa shape index (κ3) is 3.41. The highest BCUT2D eigenvalue weighted by atomic mass is 35.5. The van der Waals surface area contributed by atoms with Gasteiger partial charge in [0.1, 0.15) is 10.7 Å². The summed E-state index contributed by atoms with van der Waals surface area (Å²) in [4.78, 5) is 14.5. The summed E-state index contributed by atoms with van der Waals surface area (Å²) in [7, 11) is -4.13. The first kappa shape index (κ1) is 15.1. The van der Waals surface area contributed by atoms with E-state index >= 15 is 0 Å². The molecular weight excluding hydrogens is 318 g/mol. The largest absolute Gasteiger partial charge is 0.478 e. The van der Waals surface area contributed by atoms with Gasteiger partial charge in [-0.2, -0.15) is 0 Å². The van der Waals surface area contributed by atoms with E-state index in [-0.39, 0.29) is 11.5 Å². The number of carbonyl (C=O) groups is 1. The molecule has 2 aromatic rings. The Kier molecular flexibility index (Phi) is 4.01. The lowest BCUT2D eigenvalue weighted by molar-refractivity contribution is 0.0692. The number of aromatic nitrogens is 1. The molecule has 0 saturated carbocycles. The summed E-state index contributed by atoms with van der Waals surface area (Å²) in [5.74, 6) is -1.42. The molecule has 0 radical (unpaired) electrons. The summed E-state index contributed by atoms with van der Waals surface area (Å²) in [6.45, 7) is 0. The van der Waals surface area contributed by atoms with E-state index in [4.69, 9.17) is 22.4 Å². The van der Waals surface area contributed by atoms with Crippen LogP contribution >= 0.6 is 11.6 Å². The van der Waals surface area contributed by atoms with Crippen molar-refractivity contribution >= 4 is 39.1 Å². The Hall–Kier alpha value is -2.32. The minimum Gasteiger partial charge on any atom is -0.478 e. The number of hydrogen-bond donors (Lipinski definition) is 3. The Labute approximate surface area is 125 Å². The van der Waals surface area contributed by atoms with Gasteiger partial charge in [-0.1, -0.05) is 11.6 Å². The number of sulfonamides is 1. The number of nitrogens with zero attached hydrogens (tertiary/aromatic N) is 1. The van der Waals surface area contributed by atoms with Crippen molar-refractivity contribution in [3.63, 3.8) is 0 Å². The molecule has 0 fully saturated rings. The standard InChI is InChI=1S/C12H10ClN3O4S/c13-7-3-4-15-11(5-7)16-21(19,20)10-2-1-8(14)6-9(10)12(17)18/h1-6H,14H2,(H,15,16)(H,17,18). The molecule has 110 valence electrons. The number of benzene rings is 1. The molecule has 0 saturated heterocycles. The fourth-order valence-electron chi connectivity index (χ4n) is 1.60. The molecule has 4 N–H and O–H groups in total. The van der Waals surface area contributed by atoms with Crippen LogP contribution in [0.4, 0.5) is 11.5 Å². The van der Waals surface area contributed by atoms with Gasteiger partial charge in [-0.05, 0) is 24.3 Å². The van der Waals surface area contributed by atoms with Crippen LogP contribution < -0.4 is 10.5 Å². The van der Waals surface area contributed by atoms with Gasteiger partial charge in [0, 0.05) is 23.0 Å². The molecule has 7 nitrogen and oxygen atoms in total. The number of nitrogen functional groups attached to an aromatic ring is 1. The third-order valence-electron chi connectivity index (χ3n) is 2.48. The Morgan fingerprint density at radius 2 is 2.00 bits per heavy atom. The van der Waals surface area contributed by atoms with E-state index < -0.39 is 26.5 Å². The topological polar surface area (TPSA) is 122 Å². The van der Waals surface area contributed by atoms with Gasteiger partial charge in [0.2, 0.25) is 0 Å². The second-order valence-electron chi connectivity index (χ2n) is 4.03. The Bertz CT molecular complexity index is 808. The molecule has 0 atom stereocenters. The summed E-state index contributed by atoms with van der Waals surface area (Å²) in [5, 5.41) is 9.37. The molecule has 0 amide bonds. The van der Waals surface area contributed by atoms with E-state index in [9.17, 15) is 13.2 Å². The summed E-state index contributed by atoms with van der Waals surface area (Å²) in [5.41, 5.74) is 5.19. The van der Waals surface area contributed by atoms with Crippen molar-refractivity contribution in [1.29, 1.82) is 0 Å². The zero-order chi connectivity index (χ0) is 15.6. The lowest BCUT2D eigenvalue weighted by Gasteiger charge is -2.10. The zero-order valence-electron chi connectivity index (χ0n) is 10.4. The quantitative estimate of drug-likeness (QED) is 0.736. The van der Waals surface area contributed by atoms with E-state index in [1.54, 1.807) is 0 Å². The molecule has 0 aliphatic heterocycles. The smallest absolute Gasteiger partial charge is 0.337 e. The highest BCUT2D eigenvalue weighted by molar-refractivity contribution is 7.92. The second kappa shape index (κ2) is 5.58. The van der Waals surface area contributed by atoms with Crippen LogP contribution in [0.15, 0.2) is 41.4 Å². The highest BCUT2D eigenvalue weighted by Crippen LogP contribution is 2.22. The zero-order valence-corrected chi connectivity index (χ0v) is 12.0. The van der Waals surface area contributed by atoms with E-state index in [0.29, 0.717) is 5.02 Å². The van der Waals surface area contributed by atoms with E-state index in [0.717, 1.165) is 12.1 Å². The monoisotopic (exact) mass is 327 g/mol. The van der Waals surface area contributed by atoms with Gasteiger partial charge in [0.15, 0.2) is 0 Å². The van der Waals surface area contributed by atoms with Crippen molar-refractivity contribution in [3.8, 4) is 0 Å². The van der Waals surface area contributed by atoms with Crippen LogP contribution in [0.1, 0.15) is 10.4 Å². The van der Waals surface area contributed by atoms with Crippen molar-refractivity contribution in [2.45, 2.75) is 4.90 Å². The molecule has 9 heteroatoms. The van der Waals surface area contributed by atoms with Gasteiger partial charge >= 0.3 is 5.97 Å². The summed E-state index contributed by atoms with van der Waals surface area (Å²) >= 11 is 5.74. The summed E-state index contributed by atoms with van der Waals surface area (Å²) < 4.78 is 26.7. The molecule has 2 rings (SSSR count). The van der Waals surface area contributed by atoms with Gasteiger partial charge in [0.25, 0.3) is 10.0 Å². The number of hydrogen-bond acceptors (Lipinski definition) is 5. The van der Waals surface area contributed by atoms with Gasteiger partial charge in [-0.25, -0.2) is 18.2 Å². The number of pyridine rings is 1.